The van der Waals surface area contributed by atoms with Crippen molar-refractivity contribution in [1.29, 1.82) is 0 Å². The first-order valence-corrected chi connectivity index (χ1v) is 13.4. The van der Waals surface area contributed by atoms with Crippen LogP contribution >= 0.6 is 0 Å². The molecule has 182 valence electrons. The maximum Gasteiger partial charge on any atom is 0.241 e. The summed E-state index contributed by atoms with van der Waals surface area (Å²) in [5.41, 5.74) is 2.64. The van der Waals surface area contributed by atoms with Gasteiger partial charge in [-0.15, -0.1) is 10.2 Å². The Hall–Kier alpha value is -2.78. The number of hydrogen-bond acceptors (Lipinski definition) is 6. The number of nitrogens with one attached hydrogen (secondary N) is 1. The van der Waals surface area contributed by atoms with E-state index in [0.717, 1.165) is 48.2 Å². The van der Waals surface area contributed by atoms with Crippen molar-refractivity contribution in [3.05, 3.63) is 54.2 Å². The highest BCUT2D eigenvalue weighted by atomic mass is 32.2. The molecule has 3 aromatic rings. The van der Waals surface area contributed by atoms with E-state index in [0.29, 0.717) is 17.2 Å². The molecule has 1 aliphatic rings. The summed E-state index contributed by atoms with van der Waals surface area (Å²) in [4.78, 5) is 4.71. The van der Waals surface area contributed by atoms with E-state index in [1.165, 1.54) is 0 Å². The van der Waals surface area contributed by atoms with Crippen molar-refractivity contribution >= 4 is 10.0 Å². The first-order valence-electron chi connectivity index (χ1n) is 11.9. The van der Waals surface area contributed by atoms with Crippen LogP contribution in [0.5, 0.6) is 5.88 Å². The van der Waals surface area contributed by atoms with Gasteiger partial charge in [-0.1, -0.05) is 13.0 Å². The van der Waals surface area contributed by atoms with Crippen molar-refractivity contribution in [1.82, 2.24) is 24.5 Å². The summed E-state index contributed by atoms with van der Waals surface area (Å²) in [6.45, 7) is 7.82. The summed E-state index contributed by atoms with van der Waals surface area (Å²) < 4.78 is 37.4. The highest BCUT2D eigenvalue weighted by molar-refractivity contribution is 7.89. The lowest BCUT2D eigenvalue weighted by Gasteiger charge is -2.30. The minimum Gasteiger partial charge on any atom is -0.475 e. The number of sulfonamides is 1. The Balaban J connectivity index is 1.52. The number of aryl methyl sites for hydroxylation is 2. The smallest absolute Gasteiger partial charge is 0.241 e. The van der Waals surface area contributed by atoms with Gasteiger partial charge in [-0.3, -0.25) is 0 Å². The molecule has 2 heterocycles. The maximum absolute atomic E-state index is 13.4. The molecule has 2 aromatic heterocycles. The van der Waals surface area contributed by atoms with Crippen molar-refractivity contribution in [2.24, 2.45) is 0 Å². The maximum atomic E-state index is 13.4. The number of pyridine rings is 1. The van der Waals surface area contributed by atoms with Crippen LogP contribution in [0.1, 0.15) is 63.9 Å². The van der Waals surface area contributed by atoms with Crippen molar-refractivity contribution in [3.8, 4) is 17.0 Å². The van der Waals surface area contributed by atoms with E-state index in [1.54, 1.807) is 18.6 Å². The molecule has 2 atom stereocenters. The SMILES string of the molecule is CCc1cc(-c2ccc(OC(C)C)nc2)ccc1S(=O)(=O)NC1CCCC(n2cnnc2C)C1. The number of nitrogens with zero attached hydrogens (tertiary/aromatic N) is 4. The fourth-order valence-corrected chi connectivity index (χ4v) is 6.20. The van der Waals surface area contributed by atoms with E-state index in [-0.39, 0.29) is 18.2 Å². The Labute approximate surface area is 201 Å². The molecule has 8 nitrogen and oxygen atoms in total. The van der Waals surface area contributed by atoms with E-state index >= 15 is 0 Å². The van der Waals surface area contributed by atoms with Crippen molar-refractivity contribution < 1.29 is 13.2 Å². The van der Waals surface area contributed by atoms with Crippen LogP contribution in [-0.2, 0) is 16.4 Å². The summed E-state index contributed by atoms with van der Waals surface area (Å²) in [7, 11) is -3.65. The second-order valence-corrected chi connectivity index (χ2v) is 10.8. The third-order valence-corrected chi connectivity index (χ3v) is 7.89. The third kappa shape index (κ3) is 5.47. The molecule has 0 spiro atoms. The fraction of sp³-hybridized carbons (Fsp3) is 0.480. The Morgan fingerprint density at radius 3 is 2.62 bits per heavy atom. The molecule has 0 bridgehead atoms. The van der Waals surface area contributed by atoms with E-state index < -0.39 is 10.0 Å². The van der Waals surface area contributed by atoms with E-state index in [9.17, 15) is 8.42 Å². The zero-order valence-electron chi connectivity index (χ0n) is 20.2. The molecule has 9 heteroatoms. The van der Waals surface area contributed by atoms with Crippen LogP contribution in [0.2, 0.25) is 0 Å². The number of ether oxygens (including phenoxy) is 1. The zero-order chi connectivity index (χ0) is 24.3. The molecule has 1 fully saturated rings. The normalized spacial score (nSPS) is 18.9. The van der Waals surface area contributed by atoms with Crippen LogP contribution in [0.25, 0.3) is 11.1 Å². The Bertz CT molecular complexity index is 1220. The Kier molecular flexibility index (Phi) is 7.33. The Morgan fingerprint density at radius 1 is 1.18 bits per heavy atom. The van der Waals surface area contributed by atoms with Gasteiger partial charge >= 0.3 is 0 Å². The molecule has 0 amide bonds. The van der Waals surface area contributed by atoms with E-state index in [1.807, 2.05) is 52.0 Å². The average molecular weight is 484 g/mol. The summed E-state index contributed by atoms with van der Waals surface area (Å²) in [5.74, 6) is 1.43. The minimum absolute atomic E-state index is 0.0575. The van der Waals surface area contributed by atoms with Crippen molar-refractivity contribution in [3.63, 3.8) is 0 Å². The van der Waals surface area contributed by atoms with Gasteiger partial charge in [0.05, 0.1) is 11.0 Å². The molecule has 1 N–H and O–H groups in total. The summed E-state index contributed by atoms with van der Waals surface area (Å²) in [6.07, 6.45) is 7.68. The highest BCUT2D eigenvalue weighted by Gasteiger charge is 2.29. The molecular formula is C25H33N5O3S. The molecule has 34 heavy (non-hydrogen) atoms. The lowest BCUT2D eigenvalue weighted by Crippen LogP contribution is -2.39. The van der Waals surface area contributed by atoms with Crippen LogP contribution in [0.4, 0.5) is 0 Å². The van der Waals surface area contributed by atoms with E-state index in [2.05, 4.69) is 24.5 Å². The van der Waals surface area contributed by atoms with Gasteiger partial charge in [0.25, 0.3) is 0 Å². The van der Waals surface area contributed by atoms with Crippen LogP contribution in [0.15, 0.2) is 47.8 Å². The largest absolute Gasteiger partial charge is 0.475 e. The van der Waals surface area contributed by atoms with Crippen LogP contribution in [0.3, 0.4) is 0 Å². The lowest BCUT2D eigenvalue weighted by molar-refractivity contribution is 0.232. The van der Waals surface area contributed by atoms with Crippen LogP contribution < -0.4 is 9.46 Å². The van der Waals surface area contributed by atoms with Crippen molar-refractivity contribution in [2.45, 2.75) is 82.9 Å². The quantitative estimate of drug-likeness (QED) is 0.508. The summed E-state index contributed by atoms with van der Waals surface area (Å²) in [6, 6.07) is 9.37. The van der Waals surface area contributed by atoms with Gasteiger partial charge < -0.3 is 9.30 Å². The zero-order valence-corrected chi connectivity index (χ0v) is 21.0. The number of benzene rings is 1. The number of aromatic nitrogens is 4. The standard InChI is InChI=1S/C25H33N5O3S/c1-5-19-13-20(21-10-12-25(26-15-21)33-17(2)3)9-11-24(19)34(31,32)29-22-7-6-8-23(14-22)30-16-27-28-18(30)4/h9-13,15-17,22-23,29H,5-8,14H2,1-4H3. The number of hydrogen-bond donors (Lipinski definition) is 1. The third-order valence-electron chi connectivity index (χ3n) is 6.27. The minimum atomic E-state index is -3.65. The monoisotopic (exact) mass is 483 g/mol. The molecule has 1 aliphatic carbocycles. The van der Waals surface area contributed by atoms with Gasteiger partial charge in [-0.2, -0.15) is 0 Å². The molecule has 1 saturated carbocycles. The lowest BCUT2D eigenvalue weighted by atomic mass is 9.91. The first kappa shape index (κ1) is 24.3. The topological polar surface area (TPSA) is 99.0 Å². The van der Waals surface area contributed by atoms with Gasteiger partial charge in [-0.05, 0) is 82.2 Å². The summed E-state index contributed by atoms with van der Waals surface area (Å²) in [5, 5.41) is 8.06. The van der Waals surface area contributed by atoms with E-state index in [4.69, 9.17) is 4.74 Å². The molecule has 1 aromatic carbocycles. The molecule has 0 radical (unpaired) electrons. The van der Waals surface area contributed by atoms with Gasteiger partial charge in [0.1, 0.15) is 12.2 Å². The second kappa shape index (κ2) is 10.2. The first-order chi connectivity index (χ1) is 16.3. The van der Waals surface area contributed by atoms with Gasteiger partial charge in [0.15, 0.2) is 0 Å². The van der Waals surface area contributed by atoms with Gasteiger partial charge in [0.2, 0.25) is 15.9 Å². The Morgan fingerprint density at radius 2 is 1.97 bits per heavy atom. The van der Waals surface area contributed by atoms with Crippen molar-refractivity contribution in [2.75, 3.05) is 0 Å². The second-order valence-electron chi connectivity index (χ2n) is 9.15. The molecule has 4 rings (SSSR count). The molecule has 2 unspecified atom stereocenters. The summed E-state index contributed by atoms with van der Waals surface area (Å²) >= 11 is 0. The number of rotatable bonds is 8. The predicted molar refractivity (Wildman–Crippen MR) is 131 cm³/mol. The fourth-order valence-electron chi connectivity index (χ4n) is 4.63. The molecule has 0 aliphatic heterocycles. The van der Waals surface area contributed by atoms with Crippen LogP contribution in [0, 0.1) is 6.92 Å². The predicted octanol–water partition coefficient (Wildman–Crippen LogP) is 4.46. The molecular weight excluding hydrogens is 450 g/mol. The van der Waals surface area contributed by atoms with Gasteiger partial charge in [-0.25, -0.2) is 18.1 Å². The molecule has 0 saturated heterocycles. The van der Waals surface area contributed by atoms with Gasteiger partial charge in [0, 0.05) is 29.9 Å². The van der Waals surface area contributed by atoms with Crippen LogP contribution in [-0.4, -0.2) is 40.3 Å². The highest BCUT2D eigenvalue weighted by Crippen LogP contribution is 2.31. The average Bonchev–Trinajstić information content (AvgIpc) is 3.24.